The number of esters is 1. The highest BCUT2D eigenvalue weighted by atomic mass is 28.4. The molecule has 0 radical (unpaired) electrons. The SMILES string of the molecule is CC(C)(C)[Si](C)(C)OCCC(OC(=O)C(c1ccccc1)c1ccccc1)C(=O)O. The fourth-order valence-corrected chi connectivity index (χ4v) is 3.90. The predicted molar refractivity (Wildman–Crippen MR) is 120 cm³/mol. The molecule has 0 spiro atoms. The van der Waals surface area contributed by atoms with Crippen LogP contribution in [0.5, 0.6) is 0 Å². The summed E-state index contributed by atoms with van der Waals surface area (Å²) in [4.78, 5) is 24.8. The largest absolute Gasteiger partial charge is 0.479 e. The fourth-order valence-electron chi connectivity index (χ4n) is 2.83. The van der Waals surface area contributed by atoms with E-state index < -0.39 is 32.3 Å². The number of carbonyl (C=O) groups is 2. The maximum atomic E-state index is 13.1. The maximum Gasteiger partial charge on any atom is 0.345 e. The average molecular weight is 429 g/mol. The Labute approximate surface area is 180 Å². The van der Waals surface area contributed by atoms with E-state index in [2.05, 4.69) is 33.9 Å². The molecule has 2 aromatic carbocycles. The van der Waals surface area contributed by atoms with Crippen LogP contribution in [-0.4, -0.2) is 38.1 Å². The molecule has 1 atom stereocenters. The van der Waals surface area contributed by atoms with Gasteiger partial charge in [-0.25, -0.2) is 4.79 Å². The number of aliphatic carboxylic acids is 1. The number of hydrogen-bond acceptors (Lipinski definition) is 4. The minimum Gasteiger partial charge on any atom is -0.479 e. The highest BCUT2D eigenvalue weighted by Crippen LogP contribution is 2.36. The quantitative estimate of drug-likeness (QED) is 0.437. The molecule has 0 bridgehead atoms. The number of hydrogen-bond donors (Lipinski definition) is 1. The van der Waals surface area contributed by atoms with Gasteiger partial charge in [-0.2, -0.15) is 0 Å². The normalized spacial score (nSPS) is 13.1. The van der Waals surface area contributed by atoms with Gasteiger partial charge in [-0.3, -0.25) is 4.79 Å². The van der Waals surface area contributed by atoms with Crippen LogP contribution in [0, 0.1) is 0 Å². The zero-order valence-electron chi connectivity index (χ0n) is 18.4. The van der Waals surface area contributed by atoms with Crippen LogP contribution in [0.4, 0.5) is 0 Å². The molecule has 1 unspecified atom stereocenters. The third-order valence-electron chi connectivity index (χ3n) is 5.68. The lowest BCUT2D eigenvalue weighted by Crippen LogP contribution is -2.42. The van der Waals surface area contributed by atoms with Gasteiger partial charge in [-0.15, -0.1) is 0 Å². The number of carboxylic acids is 1. The van der Waals surface area contributed by atoms with Crippen LogP contribution in [0.15, 0.2) is 60.7 Å². The second kappa shape index (κ2) is 10.0. The molecule has 6 heteroatoms. The van der Waals surface area contributed by atoms with E-state index in [1.54, 1.807) is 0 Å². The number of ether oxygens (including phenoxy) is 1. The van der Waals surface area contributed by atoms with Crippen LogP contribution in [-0.2, 0) is 18.8 Å². The molecular formula is C24H32O5Si. The van der Waals surface area contributed by atoms with Crippen molar-refractivity contribution in [3.05, 3.63) is 71.8 Å². The van der Waals surface area contributed by atoms with Gasteiger partial charge in [0.2, 0.25) is 6.10 Å². The van der Waals surface area contributed by atoms with Crippen LogP contribution >= 0.6 is 0 Å². The van der Waals surface area contributed by atoms with E-state index in [-0.39, 0.29) is 18.1 Å². The van der Waals surface area contributed by atoms with E-state index in [0.29, 0.717) is 0 Å². The van der Waals surface area contributed by atoms with Crippen molar-refractivity contribution in [2.45, 2.75) is 57.3 Å². The van der Waals surface area contributed by atoms with E-state index in [4.69, 9.17) is 9.16 Å². The number of rotatable bonds is 9. The molecule has 0 aliphatic heterocycles. The smallest absolute Gasteiger partial charge is 0.345 e. The van der Waals surface area contributed by atoms with Crippen molar-refractivity contribution < 1.29 is 23.9 Å². The summed E-state index contributed by atoms with van der Waals surface area (Å²) in [7, 11) is -2.01. The monoisotopic (exact) mass is 428 g/mol. The second-order valence-corrected chi connectivity index (χ2v) is 13.7. The highest BCUT2D eigenvalue weighted by molar-refractivity contribution is 6.74. The summed E-state index contributed by atoms with van der Waals surface area (Å²) in [6.07, 6.45) is -1.14. The van der Waals surface area contributed by atoms with Crippen molar-refractivity contribution in [1.29, 1.82) is 0 Å². The van der Waals surface area contributed by atoms with Crippen LogP contribution in [0.1, 0.15) is 44.2 Å². The van der Waals surface area contributed by atoms with Crippen molar-refractivity contribution in [3.8, 4) is 0 Å². The summed E-state index contributed by atoms with van der Waals surface area (Å²) in [6.45, 7) is 10.8. The second-order valence-electron chi connectivity index (χ2n) is 8.92. The number of benzene rings is 2. The van der Waals surface area contributed by atoms with Crippen molar-refractivity contribution in [2.24, 2.45) is 0 Å². The molecule has 1 N–H and O–H groups in total. The molecule has 0 fully saturated rings. The van der Waals surface area contributed by atoms with Gasteiger partial charge in [0.05, 0.1) is 0 Å². The first-order chi connectivity index (χ1) is 14.0. The first-order valence-electron chi connectivity index (χ1n) is 10.2. The van der Waals surface area contributed by atoms with Gasteiger partial charge >= 0.3 is 11.9 Å². The minimum atomic E-state index is -2.01. The Bertz CT molecular complexity index is 788. The Kier molecular flexibility index (Phi) is 7.98. The summed E-state index contributed by atoms with van der Waals surface area (Å²) in [6, 6.07) is 18.5. The third-order valence-corrected chi connectivity index (χ3v) is 10.2. The lowest BCUT2D eigenvalue weighted by atomic mass is 9.91. The van der Waals surface area contributed by atoms with E-state index in [1.807, 2.05) is 60.7 Å². The fraction of sp³-hybridized carbons (Fsp3) is 0.417. The Balaban J connectivity index is 2.14. The van der Waals surface area contributed by atoms with Gasteiger partial charge in [0, 0.05) is 13.0 Å². The van der Waals surface area contributed by atoms with Crippen LogP contribution in [0.2, 0.25) is 18.1 Å². The molecule has 0 saturated carbocycles. The van der Waals surface area contributed by atoms with Crippen molar-refractivity contribution >= 4 is 20.3 Å². The van der Waals surface area contributed by atoms with Crippen LogP contribution in [0.3, 0.4) is 0 Å². The molecule has 162 valence electrons. The van der Waals surface area contributed by atoms with Gasteiger partial charge in [-0.05, 0) is 29.3 Å². The lowest BCUT2D eigenvalue weighted by molar-refractivity contribution is -0.165. The molecular weight excluding hydrogens is 396 g/mol. The molecule has 0 saturated heterocycles. The molecule has 30 heavy (non-hydrogen) atoms. The topological polar surface area (TPSA) is 72.8 Å². The first-order valence-corrected chi connectivity index (χ1v) is 13.1. The standard InChI is InChI=1S/C24H32O5Si/c1-24(2,3)30(4,5)28-17-16-20(22(25)26)29-23(27)21(18-12-8-6-9-13-18)19-14-10-7-11-15-19/h6-15,20-21H,16-17H2,1-5H3,(H,25,26). The van der Waals surface area contributed by atoms with Gasteiger partial charge in [0.1, 0.15) is 5.92 Å². The lowest BCUT2D eigenvalue weighted by Gasteiger charge is -2.36. The zero-order chi connectivity index (χ0) is 22.4. The predicted octanol–water partition coefficient (Wildman–Crippen LogP) is 5.23. The van der Waals surface area contributed by atoms with Gasteiger partial charge in [0.25, 0.3) is 0 Å². The summed E-state index contributed by atoms with van der Waals surface area (Å²) in [5.41, 5.74) is 1.52. The van der Waals surface area contributed by atoms with Crippen molar-refractivity contribution in [2.75, 3.05) is 6.61 Å². The zero-order valence-corrected chi connectivity index (χ0v) is 19.4. The Morgan fingerprint density at radius 2 is 1.40 bits per heavy atom. The molecule has 0 aliphatic rings. The minimum absolute atomic E-state index is 0.0219. The Morgan fingerprint density at radius 1 is 0.933 bits per heavy atom. The molecule has 0 heterocycles. The summed E-state index contributed by atoms with van der Waals surface area (Å²) in [5.74, 6) is -2.43. The summed E-state index contributed by atoms with van der Waals surface area (Å²) in [5, 5.41) is 9.63. The highest BCUT2D eigenvalue weighted by Gasteiger charge is 2.37. The molecule has 5 nitrogen and oxygen atoms in total. The van der Waals surface area contributed by atoms with Crippen LogP contribution in [0.25, 0.3) is 0 Å². The van der Waals surface area contributed by atoms with E-state index in [9.17, 15) is 14.7 Å². The first kappa shape index (κ1) is 23.8. The molecule has 2 rings (SSSR count). The van der Waals surface area contributed by atoms with Gasteiger partial charge in [-0.1, -0.05) is 81.4 Å². The van der Waals surface area contributed by atoms with E-state index in [1.165, 1.54) is 0 Å². The van der Waals surface area contributed by atoms with Gasteiger partial charge < -0.3 is 14.3 Å². The molecule has 0 amide bonds. The maximum absolute atomic E-state index is 13.1. The molecule has 0 aliphatic carbocycles. The third kappa shape index (κ3) is 6.28. The number of carbonyl (C=O) groups excluding carboxylic acids is 1. The average Bonchev–Trinajstić information content (AvgIpc) is 2.68. The van der Waals surface area contributed by atoms with Crippen molar-refractivity contribution in [1.82, 2.24) is 0 Å². The van der Waals surface area contributed by atoms with E-state index >= 15 is 0 Å². The number of carboxylic acid groups (broad SMARTS) is 1. The van der Waals surface area contributed by atoms with Gasteiger partial charge in [0.15, 0.2) is 8.32 Å². The van der Waals surface area contributed by atoms with Crippen molar-refractivity contribution in [3.63, 3.8) is 0 Å². The summed E-state index contributed by atoms with van der Waals surface area (Å²) < 4.78 is 11.6. The van der Waals surface area contributed by atoms with E-state index in [0.717, 1.165) is 11.1 Å². The molecule has 2 aromatic rings. The van der Waals surface area contributed by atoms with Crippen LogP contribution < -0.4 is 0 Å². The Morgan fingerprint density at radius 3 is 1.80 bits per heavy atom. The molecule has 0 aromatic heterocycles. The Hall–Kier alpha value is -2.44. The summed E-state index contributed by atoms with van der Waals surface area (Å²) >= 11 is 0.